The lowest BCUT2D eigenvalue weighted by Gasteiger charge is -2.35. The maximum atomic E-state index is 13.5. The van der Waals surface area contributed by atoms with E-state index >= 15 is 0 Å². The lowest BCUT2D eigenvalue weighted by Crippen LogP contribution is -2.64. The first-order valence-electron chi connectivity index (χ1n) is 14.6. The van der Waals surface area contributed by atoms with E-state index in [-0.39, 0.29) is 24.9 Å². The molecule has 0 aromatic heterocycles. The summed E-state index contributed by atoms with van der Waals surface area (Å²) < 4.78 is 5.27. The standard InChI is InChI=1S/C32H47N5O6/c1-21(2)29(33-23(5)38)30(40)36-37(19-26-14-17-28(43-7)18-15-26)20-27(16-13-25-11-9-8-10-12-25)34-31(41)32(42,22(3)4)35-24(6)39/h8-12,14-15,17-18,21-22,27,29,42H,13,16,19-20H2,1-7H3,(H,33,38)(H,34,41)(H,35,39)(H,36,40)/t27-,29-,32+/m0/s1. The molecule has 0 aliphatic carbocycles. The Hall–Kier alpha value is -3.96. The van der Waals surface area contributed by atoms with Crippen LogP contribution in [0.25, 0.3) is 0 Å². The minimum atomic E-state index is -2.13. The number of hydrogen-bond donors (Lipinski definition) is 5. The molecule has 0 heterocycles. The van der Waals surface area contributed by atoms with E-state index in [0.29, 0.717) is 18.6 Å². The van der Waals surface area contributed by atoms with Gasteiger partial charge in [-0.1, -0.05) is 70.2 Å². The normalized spacial score (nSPS) is 14.0. The number of benzene rings is 2. The van der Waals surface area contributed by atoms with Gasteiger partial charge in [0, 0.05) is 38.9 Å². The zero-order chi connectivity index (χ0) is 32.2. The van der Waals surface area contributed by atoms with Crippen molar-refractivity contribution in [2.45, 2.75) is 78.7 Å². The van der Waals surface area contributed by atoms with Crippen LogP contribution in [-0.2, 0) is 32.1 Å². The molecule has 0 spiro atoms. The van der Waals surface area contributed by atoms with Crippen molar-refractivity contribution in [1.29, 1.82) is 0 Å². The van der Waals surface area contributed by atoms with Crippen molar-refractivity contribution in [2.75, 3.05) is 13.7 Å². The highest BCUT2D eigenvalue weighted by Crippen LogP contribution is 2.17. The van der Waals surface area contributed by atoms with Gasteiger partial charge in [-0.15, -0.1) is 0 Å². The molecule has 0 radical (unpaired) electrons. The molecule has 2 aromatic carbocycles. The second-order valence-electron chi connectivity index (χ2n) is 11.4. The largest absolute Gasteiger partial charge is 0.497 e. The van der Waals surface area contributed by atoms with Gasteiger partial charge in [0.05, 0.1) is 7.11 Å². The smallest absolute Gasteiger partial charge is 0.273 e. The Morgan fingerprint density at radius 3 is 2.02 bits per heavy atom. The van der Waals surface area contributed by atoms with Gasteiger partial charge in [0.2, 0.25) is 17.5 Å². The van der Waals surface area contributed by atoms with E-state index < -0.39 is 41.4 Å². The van der Waals surface area contributed by atoms with Crippen molar-refractivity contribution < 1.29 is 29.0 Å². The van der Waals surface area contributed by atoms with Gasteiger partial charge in [-0.2, -0.15) is 0 Å². The molecule has 0 saturated heterocycles. The van der Waals surface area contributed by atoms with Crippen molar-refractivity contribution in [2.24, 2.45) is 11.8 Å². The summed E-state index contributed by atoms with van der Waals surface area (Å²) in [5.41, 5.74) is 2.73. The first-order valence-corrected chi connectivity index (χ1v) is 14.6. The fourth-order valence-corrected chi connectivity index (χ4v) is 4.57. The van der Waals surface area contributed by atoms with Crippen LogP contribution in [0, 0.1) is 11.8 Å². The Morgan fingerprint density at radius 2 is 1.51 bits per heavy atom. The number of amides is 4. The number of nitrogens with one attached hydrogen (secondary N) is 4. The van der Waals surface area contributed by atoms with Gasteiger partial charge in [0.25, 0.3) is 11.8 Å². The maximum absolute atomic E-state index is 13.5. The van der Waals surface area contributed by atoms with E-state index in [1.54, 1.807) is 26.0 Å². The molecular weight excluding hydrogens is 550 g/mol. The number of ether oxygens (including phenoxy) is 1. The van der Waals surface area contributed by atoms with Crippen molar-refractivity contribution in [3.8, 4) is 5.75 Å². The fourth-order valence-electron chi connectivity index (χ4n) is 4.57. The zero-order valence-electron chi connectivity index (χ0n) is 26.3. The van der Waals surface area contributed by atoms with Gasteiger partial charge in [0.1, 0.15) is 11.8 Å². The SMILES string of the molecule is COc1ccc(CN(C[C@H](CCc2ccccc2)NC(=O)[C@@](O)(NC(C)=O)C(C)C)NC(=O)[C@@H](NC(C)=O)C(C)C)cc1. The van der Waals surface area contributed by atoms with E-state index in [1.807, 2.05) is 68.4 Å². The van der Waals surface area contributed by atoms with Crippen LogP contribution >= 0.6 is 0 Å². The Labute approximate surface area is 254 Å². The topological polar surface area (TPSA) is 149 Å². The van der Waals surface area contributed by atoms with Gasteiger partial charge in [-0.05, 0) is 42.0 Å². The minimum Gasteiger partial charge on any atom is -0.497 e. The predicted octanol–water partition coefficient (Wildman–Crippen LogP) is 2.29. The van der Waals surface area contributed by atoms with Gasteiger partial charge in [-0.25, -0.2) is 5.01 Å². The Bertz CT molecular complexity index is 1200. The molecule has 2 aromatic rings. The average Bonchev–Trinajstić information content (AvgIpc) is 2.94. The van der Waals surface area contributed by atoms with E-state index in [1.165, 1.54) is 13.8 Å². The number of aliphatic hydroxyl groups is 1. The second kappa shape index (κ2) is 16.6. The molecule has 0 aliphatic heterocycles. The van der Waals surface area contributed by atoms with Gasteiger partial charge in [-0.3, -0.25) is 24.6 Å². The molecule has 4 amide bonds. The van der Waals surface area contributed by atoms with Gasteiger partial charge < -0.3 is 25.8 Å². The number of methoxy groups -OCH3 is 1. The maximum Gasteiger partial charge on any atom is 0.273 e. The summed E-state index contributed by atoms with van der Waals surface area (Å²) in [6, 6.07) is 15.8. The van der Waals surface area contributed by atoms with Gasteiger partial charge >= 0.3 is 0 Å². The zero-order valence-corrected chi connectivity index (χ0v) is 26.3. The first kappa shape index (κ1) is 35.2. The molecule has 0 aliphatic rings. The van der Waals surface area contributed by atoms with Crippen LogP contribution in [0.4, 0.5) is 0 Å². The number of rotatable bonds is 16. The molecule has 0 unspecified atom stereocenters. The van der Waals surface area contributed by atoms with Crippen LogP contribution in [-0.4, -0.2) is 65.2 Å². The summed E-state index contributed by atoms with van der Waals surface area (Å²) in [6.45, 7) is 9.99. The van der Waals surface area contributed by atoms with Crippen LogP contribution < -0.4 is 26.1 Å². The van der Waals surface area contributed by atoms with Crippen LogP contribution in [0.1, 0.15) is 59.1 Å². The lowest BCUT2D eigenvalue weighted by atomic mass is 9.97. The molecule has 11 heteroatoms. The van der Waals surface area contributed by atoms with Crippen LogP contribution in [0.3, 0.4) is 0 Å². The first-order chi connectivity index (χ1) is 20.2. The highest BCUT2D eigenvalue weighted by atomic mass is 16.5. The molecule has 0 fully saturated rings. The summed E-state index contributed by atoms with van der Waals surface area (Å²) in [5, 5.41) is 20.9. The highest BCUT2D eigenvalue weighted by molar-refractivity contribution is 5.89. The van der Waals surface area contributed by atoms with Crippen LogP contribution in [0.5, 0.6) is 5.75 Å². The predicted molar refractivity (Wildman–Crippen MR) is 164 cm³/mol. The van der Waals surface area contributed by atoms with Crippen molar-refractivity contribution in [1.82, 2.24) is 26.4 Å². The van der Waals surface area contributed by atoms with Crippen molar-refractivity contribution in [3.05, 3.63) is 65.7 Å². The number of hydrazine groups is 1. The average molecular weight is 598 g/mol. The third kappa shape index (κ3) is 11.3. The fraction of sp³-hybridized carbons (Fsp3) is 0.500. The molecule has 2 rings (SSSR count). The minimum absolute atomic E-state index is 0.162. The van der Waals surface area contributed by atoms with E-state index in [0.717, 1.165) is 11.1 Å². The monoisotopic (exact) mass is 597 g/mol. The van der Waals surface area contributed by atoms with Crippen LogP contribution in [0.15, 0.2) is 54.6 Å². The summed E-state index contributed by atoms with van der Waals surface area (Å²) in [4.78, 5) is 50.6. The number of nitrogens with zero attached hydrogens (tertiary/aromatic N) is 1. The third-order valence-corrected chi connectivity index (χ3v) is 7.06. The quantitative estimate of drug-likeness (QED) is 0.147. The van der Waals surface area contributed by atoms with Crippen LogP contribution in [0.2, 0.25) is 0 Å². The Kier molecular flexibility index (Phi) is 13.6. The summed E-state index contributed by atoms with van der Waals surface area (Å²) in [5.74, 6) is -2.13. The third-order valence-electron chi connectivity index (χ3n) is 7.06. The van der Waals surface area contributed by atoms with Gasteiger partial charge in [0.15, 0.2) is 0 Å². The highest BCUT2D eigenvalue weighted by Gasteiger charge is 2.41. The Morgan fingerprint density at radius 1 is 0.884 bits per heavy atom. The molecule has 5 N–H and O–H groups in total. The molecule has 3 atom stereocenters. The molecule has 0 bridgehead atoms. The number of carbonyl (C=O) groups is 4. The van der Waals surface area contributed by atoms with Crippen molar-refractivity contribution >= 4 is 23.6 Å². The van der Waals surface area contributed by atoms with E-state index in [2.05, 4.69) is 21.4 Å². The molecule has 11 nitrogen and oxygen atoms in total. The van der Waals surface area contributed by atoms with E-state index in [4.69, 9.17) is 4.74 Å². The summed E-state index contributed by atoms with van der Waals surface area (Å²) in [7, 11) is 1.58. The van der Waals surface area contributed by atoms with E-state index in [9.17, 15) is 24.3 Å². The summed E-state index contributed by atoms with van der Waals surface area (Å²) >= 11 is 0. The summed E-state index contributed by atoms with van der Waals surface area (Å²) in [6.07, 6.45) is 1.08. The second-order valence-corrected chi connectivity index (χ2v) is 11.4. The Balaban J connectivity index is 2.41. The number of carbonyl (C=O) groups excluding carboxylic acids is 4. The molecule has 0 saturated carbocycles. The molecule has 43 heavy (non-hydrogen) atoms. The molecular formula is C32H47N5O6. The van der Waals surface area contributed by atoms with Crippen molar-refractivity contribution in [3.63, 3.8) is 0 Å². The molecule has 236 valence electrons. The number of hydrogen-bond acceptors (Lipinski definition) is 7. The lowest BCUT2D eigenvalue weighted by molar-refractivity contribution is -0.155. The number of aryl methyl sites for hydroxylation is 1.